The molecule has 86 valence electrons. The van der Waals surface area contributed by atoms with E-state index in [1.54, 1.807) is 24.4 Å². The fourth-order valence-electron chi connectivity index (χ4n) is 1.46. The zero-order chi connectivity index (χ0) is 12.1. The molecule has 0 fully saturated rings. The molecule has 0 unspecified atom stereocenters. The van der Waals surface area contributed by atoms with Crippen molar-refractivity contribution >= 4 is 0 Å². The first kappa shape index (κ1) is 11.3. The maximum Gasteiger partial charge on any atom is 0.150 e. The molecule has 0 atom stereocenters. The van der Waals surface area contributed by atoms with Crippen LogP contribution in [0.3, 0.4) is 0 Å². The Morgan fingerprint density at radius 1 is 1.35 bits per heavy atom. The number of hydrogen-bond donors (Lipinski definition) is 1. The lowest BCUT2D eigenvalue weighted by atomic mass is 10.1. The maximum absolute atomic E-state index is 13.6. The quantitative estimate of drug-likeness (QED) is 0.873. The van der Waals surface area contributed by atoms with Crippen molar-refractivity contribution < 1.29 is 8.91 Å². The lowest BCUT2D eigenvalue weighted by Crippen LogP contribution is -2.13. The molecule has 2 rings (SSSR count). The van der Waals surface area contributed by atoms with Gasteiger partial charge in [0.1, 0.15) is 17.6 Å². The van der Waals surface area contributed by atoms with E-state index in [9.17, 15) is 4.39 Å². The molecular formula is C12H10FN3O. The number of hydrogen-bond acceptors (Lipinski definition) is 4. The first-order valence-corrected chi connectivity index (χ1v) is 5.09. The van der Waals surface area contributed by atoms with E-state index in [0.717, 1.165) is 0 Å². The smallest absolute Gasteiger partial charge is 0.150 e. The first-order chi connectivity index (χ1) is 8.31. The van der Waals surface area contributed by atoms with Gasteiger partial charge in [0.25, 0.3) is 0 Å². The van der Waals surface area contributed by atoms with Gasteiger partial charge in [-0.05, 0) is 6.07 Å². The van der Waals surface area contributed by atoms with E-state index in [1.165, 1.54) is 6.07 Å². The van der Waals surface area contributed by atoms with Crippen LogP contribution < -0.4 is 5.32 Å². The number of nitriles is 1. The minimum Gasteiger partial charge on any atom is -0.360 e. The lowest BCUT2D eigenvalue weighted by molar-refractivity contribution is 0.372. The SMILES string of the molecule is N#Cc1cccc(CNCc2ccno2)c1F. The van der Waals surface area contributed by atoms with E-state index in [0.29, 0.717) is 24.4 Å². The molecule has 0 saturated carbocycles. The summed E-state index contributed by atoms with van der Waals surface area (Å²) in [6.07, 6.45) is 1.55. The van der Waals surface area contributed by atoms with Crippen LogP contribution in [0.5, 0.6) is 0 Å². The number of aromatic nitrogens is 1. The molecule has 4 nitrogen and oxygen atoms in total. The van der Waals surface area contributed by atoms with Crippen LogP contribution in [0.25, 0.3) is 0 Å². The van der Waals surface area contributed by atoms with Gasteiger partial charge < -0.3 is 9.84 Å². The molecule has 0 aliphatic heterocycles. The second-order valence-electron chi connectivity index (χ2n) is 3.47. The highest BCUT2D eigenvalue weighted by atomic mass is 19.1. The van der Waals surface area contributed by atoms with Gasteiger partial charge in [0.05, 0.1) is 18.3 Å². The van der Waals surface area contributed by atoms with E-state index in [4.69, 9.17) is 9.78 Å². The molecule has 0 amide bonds. The molecule has 1 N–H and O–H groups in total. The van der Waals surface area contributed by atoms with E-state index in [-0.39, 0.29) is 5.56 Å². The highest BCUT2D eigenvalue weighted by Gasteiger charge is 2.07. The third kappa shape index (κ3) is 2.68. The topological polar surface area (TPSA) is 61.9 Å². The Kier molecular flexibility index (Phi) is 3.48. The zero-order valence-corrected chi connectivity index (χ0v) is 8.98. The van der Waals surface area contributed by atoms with Crippen molar-refractivity contribution in [3.05, 3.63) is 53.2 Å². The van der Waals surface area contributed by atoms with Crippen molar-refractivity contribution in [1.29, 1.82) is 5.26 Å². The fraction of sp³-hybridized carbons (Fsp3) is 0.167. The van der Waals surface area contributed by atoms with Gasteiger partial charge in [-0.2, -0.15) is 5.26 Å². The number of nitrogens with zero attached hydrogens (tertiary/aromatic N) is 2. The van der Waals surface area contributed by atoms with Gasteiger partial charge in [0.15, 0.2) is 0 Å². The summed E-state index contributed by atoms with van der Waals surface area (Å²) in [5, 5.41) is 15.3. The van der Waals surface area contributed by atoms with Crippen LogP contribution in [-0.4, -0.2) is 5.16 Å². The molecule has 1 aromatic carbocycles. The molecule has 0 spiro atoms. The predicted molar refractivity (Wildman–Crippen MR) is 58.2 cm³/mol. The van der Waals surface area contributed by atoms with Crippen molar-refractivity contribution in [1.82, 2.24) is 10.5 Å². The van der Waals surface area contributed by atoms with E-state index < -0.39 is 5.82 Å². The summed E-state index contributed by atoms with van der Waals surface area (Å²) in [6, 6.07) is 8.30. The third-order valence-electron chi connectivity index (χ3n) is 2.31. The van der Waals surface area contributed by atoms with Crippen LogP contribution in [0, 0.1) is 17.1 Å². The van der Waals surface area contributed by atoms with Crippen molar-refractivity contribution in [3.63, 3.8) is 0 Å². The average molecular weight is 231 g/mol. The zero-order valence-electron chi connectivity index (χ0n) is 8.98. The summed E-state index contributed by atoms with van der Waals surface area (Å²) in [4.78, 5) is 0. The molecule has 1 heterocycles. The highest BCUT2D eigenvalue weighted by molar-refractivity contribution is 5.34. The Bertz CT molecular complexity index is 531. The fourth-order valence-corrected chi connectivity index (χ4v) is 1.46. The lowest BCUT2D eigenvalue weighted by Gasteiger charge is -2.04. The molecule has 0 saturated heterocycles. The molecule has 0 bridgehead atoms. The number of benzene rings is 1. The molecule has 1 aromatic heterocycles. The van der Waals surface area contributed by atoms with Gasteiger partial charge in [-0.15, -0.1) is 0 Å². The van der Waals surface area contributed by atoms with Crippen molar-refractivity contribution in [2.24, 2.45) is 0 Å². The Labute approximate surface area is 97.7 Å². The van der Waals surface area contributed by atoms with Gasteiger partial charge in [-0.1, -0.05) is 17.3 Å². The average Bonchev–Trinajstić information content (AvgIpc) is 2.84. The molecule has 2 aromatic rings. The van der Waals surface area contributed by atoms with Crippen LogP contribution in [0.15, 0.2) is 35.0 Å². The molecule has 0 radical (unpaired) electrons. The summed E-state index contributed by atoms with van der Waals surface area (Å²) in [6.45, 7) is 0.804. The number of halogens is 1. The largest absolute Gasteiger partial charge is 0.360 e. The van der Waals surface area contributed by atoms with Crippen LogP contribution in [0.1, 0.15) is 16.9 Å². The molecule has 0 aliphatic rings. The third-order valence-corrected chi connectivity index (χ3v) is 2.31. The van der Waals surface area contributed by atoms with Gasteiger partial charge in [-0.25, -0.2) is 4.39 Å². The van der Waals surface area contributed by atoms with Crippen LogP contribution >= 0.6 is 0 Å². The van der Waals surface area contributed by atoms with Gasteiger partial charge in [-0.3, -0.25) is 0 Å². The van der Waals surface area contributed by atoms with Crippen molar-refractivity contribution in [2.45, 2.75) is 13.1 Å². The van der Waals surface area contributed by atoms with E-state index in [1.807, 2.05) is 6.07 Å². The summed E-state index contributed by atoms with van der Waals surface area (Å²) >= 11 is 0. The summed E-state index contributed by atoms with van der Waals surface area (Å²) in [5.74, 6) is 0.210. The standard InChI is InChI=1S/C12H10FN3O/c13-12-9(6-14)2-1-3-10(12)7-15-8-11-4-5-16-17-11/h1-5,15H,7-8H2. The first-order valence-electron chi connectivity index (χ1n) is 5.09. The van der Waals surface area contributed by atoms with Gasteiger partial charge in [0.2, 0.25) is 0 Å². The minimum absolute atomic E-state index is 0.0592. The highest BCUT2D eigenvalue weighted by Crippen LogP contribution is 2.11. The summed E-state index contributed by atoms with van der Waals surface area (Å²) in [5.41, 5.74) is 0.521. The molecule has 17 heavy (non-hydrogen) atoms. The van der Waals surface area contributed by atoms with Crippen LogP contribution in [0.4, 0.5) is 4.39 Å². The van der Waals surface area contributed by atoms with Crippen molar-refractivity contribution in [2.75, 3.05) is 0 Å². The normalized spacial score (nSPS) is 10.1. The van der Waals surface area contributed by atoms with Gasteiger partial charge >= 0.3 is 0 Å². The van der Waals surface area contributed by atoms with Crippen LogP contribution in [0.2, 0.25) is 0 Å². The molecule has 5 heteroatoms. The number of nitrogens with one attached hydrogen (secondary N) is 1. The maximum atomic E-state index is 13.6. The molecular weight excluding hydrogens is 221 g/mol. The monoisotopic (exact) mass is 231 g/mol. The Morgan fingerprint density at radius 3 is 2.94 bits per heavy atom. The number of rotatable bonds is 4. The van der Waals surface area contributed by atoms with Gasteiger partial charge in [0, 0.05) is 18.2 Å². The Hall–Kier alpha value is -2.19. The second-order valence-corrected chi connectivity index (χ2v) is 3.47. The minimum atomic E-state index is -0.472. The van der Waals surface area contributed by atoms with Crippen molar-refractivity contribution in [3.8, 4) is 6.07 Å². The summed E-state index contributed by atoms with van der Waals surface area (Å²) < 4.78 is 18.5. The van der Waals surface area contributed by atoms with Crippen LogP contribution in [-0.2, 0) is 13.1 Å². The Balaban J connectivity index is 1.98. The predicted octanol–water partition coefficient (Wildman–Crippen LogP) is 1.98. The second kappa shape index (κ2) is 5.23. The summed E-state index contributed by atoms with van der Waals surface area (Å²) in [7, 11) is 0. The van der Waals surface area contributed by atoms with E-state index in [2.05, 4.69) is 10.5 Å². The Morgan fingerprint density at radius 2 is 2.24 bits per heavy atom. The molecule has 0 aliphatic carbocycles. The van der Waals surface area contributed by atoms with E-state index >= 15 is 0 Å².